The van der Waals surface area contributed by atoms with Gasteiger partial charge in [0.05, 0.1) is 0 Å². The normalized spacial score (nSPS) is 7.70. The Morgan fingerprint density at radius 3 is 1.09 bits per heavy atom. The highest BCUT2D eigenvalue weighted by Crippen LogP contribution is 2.11. The third-order valence-electron chi connectivity index (χ3n) is 2.60. The van der Waals surface area contributed by atoms with Gasteiger partial charge in [0.25, 0.3) is 0 Å². The minimum Gasteiger partial charge on any atom is -0.222 e. The van der Waals surface area contributed by atoms with Crippen LogP contribution in [-0.4, -0.2) is 12.2 Å². The first-order chi connectivity index (χ1) is 11.2. The van der Waals surface area contributed by atoms with Crippen molar-refractivity contribution in [2.45, 2.75) is 6.92 Å². The van der Waals surface area contributed by atoms with Crippen molar-refractivity contribution in [2.75, 3.05) is 0 Å². The smallest absolute Gasteiger partial charge is 0.222 e. The Morgan fingerprint density at radius 2 is 0.870 bits per heavy atom. The van der Waals surface area contributed by atoms with Gasteiger partial charge in [-0.1, -0.05) is 84.4 Å². The Balaban J connectivity index is 0.000000326. The van der Waals surface area contributed by atoms with E-state index in [2.05, 4.69) is 67.6 Å². The average molecular weight is 306 g/mol. The van der Waals surface area contributed by atoms with Crippen molar-refractivity contribution in [1.29, 1.82) is 10.8 Å². The van der Waals surface area contributed by atoms with E-state index in [0.29, 0.717) is 0 Å². The highest BCUT2D eigenvalue weighted by atomic mass is 16.1. The highest BCUT2D eigenvalue weighted by molar-refractivity contribution is 5.81. The Hall–Kier alpha value is -3.32. The van der Waals surface area contributed by atoms with Crippen LogP contribution in [-0.2, 0) is 9.59 Å². The summed E-state index contributed by atoms with van der Waals surface area (Å²) in [4.78, 5) is 16.7. The fraction of sp³-hybridized carbons (Fsp3) is 0.0526. The molecule has 0 saturated carbocycles. The van der Waals surface area contributed by atoms with Crippen molar-refractivity contribution in [1.82, 2.24) is 0 Å². The van der Waals surface area contributed by atoms with Gasteiger partial charge >= 0.3 is 0 Å². The van der Waals surface area contributed by atoms with E-state index >= 15 is 0 Å². The molecule has 0 saturated heterocycles. The van der Waals surface area contributed by atoms with Crippen LogP contribution in [0.5, 0.6) is 0 Å². The first kappa shape index (κ1) is 19.7. The molecular weight excluding hydrogens is 288 g/mol. The van der Waals surface area contributed by atoms with Crippen LogP contribution in [0.25, 0.3) is 10.8 Å². The van der Waals surface area contributed by atoms with Gasteiger partial charge in [-0.3, -0.25) is 0 Å². The van der Waals surface area contributed by atoms with Crippen molar-refractivity contribution in [2.24, 2.45) is 0 Å². The third kappa shape index (κ3) is 10.1. The van der Waals surface area contributed by atoms with Crippen molar-refractivity contribution in [3.8, 4) is 0 Å². The van der Waals surface area contributed by atoms with Gasteiger partial charge in [-0.25, -0.2) is 20.4 Å². The molecule has 0 aliphatic rings. The lowest BCUT2D eigenvalue weighted by Gasteiger charge is -1.92. The number of carbonyl (C=O) groups excluding carboxylic acids is 2. The Morgan fingerprint density at radius 1 is 0.609 bits per heavy atom. The topological polar surface area (TPSA) is 81.8 Å². The van der Waals surface area contributed by atoms with Crippen LogP contribution in [0.15, 0.2) is 78.9 Å². The lowest BCUT2D eigenvalue weighted by molar-refractivity contribution is 0.562. The maximum atomic E-state index is 8.35. The van der Waals surface area contributed by atoms with Gasteiger partial charge < -0.3 is 0 Å². The largest absolute Gasteiger partial charge is 0.231 e. The van der Waals surface area contributed by atoms with Crippen LogP contribution in [0.4, 0.5) is 0 Å². The number of hydrogen-bond acceptors (Lipinski definition) is 4. The zero-order valence-electron chi connectivity index (χ0n) is 12.8. The zero-order chi connectivity index (χ0) is 17.3. The summed E-state index contributed by atoms with van der Waals surface area (Å²) in [6.07, 6.45) is 1.50. The molecule has 0 bridgehead atoms. The SMILES string of the molecule is Cc1ccccc1.N=C=O.N=C=O.c1ccc2ccccc2c1. The fourth-order valence-electron chi connectivity index (χ4n) is 1.67. The van der Waals surface area contributed by atoms with Gasteiger partial charge in [0.2, 0.25) is 12.2 Å². The number of rotatable bonds is 0. The molecule has 0 radical (unpaired) electrons. The molecule has 0 aliphatic heterocycles. The summed E-state index contributed by atoms with van der Waals surface area (Å²) >= 11 is 0. The Kier molecular flexibility index (Phi) is 11.7. The monoisotopic (exact) mass is 306 g/mol. The summed E-state index contributed by atoms with van der Waals surface area (Å²) in [5.41, 5.74) is 1.32. The summed E-state index contributed by atoms with van der Waals surface area (Å²) < 4.78 is 0. The second-order valence-electron chi connectivity index (χ2n) is 4.21. The lowest BCUT2D eigenvalue weighted by atomic mass is 10.1. The molecule has 3 aromatic rings. The summed E-state index contributed by atoms with van der Waals surface area (Å²) in [6, 6.07) is 27.0. The van der Waals surface area contributed by atoms with Crippen molar-refractivity contribution in [3.05, 3.63) is 84.4 Å². The minimum atomic E-state index is 0.750. The van der Waals surface area contributed by atoms with Crippen molar-refractivity contribution in [3.63, 3.8) is 0 Å². The Labute approximate surface area is 135 Å². The van der Waals surface area contributed by atoms with Crippen LogP contribution >= 0.6 is 0 Å². The molecule has 4 heteroatoms. The molecule has 0 spiro atoms. The number of fused-ring (bicyclic) bond motifs is 1. The number of aryl methyl sites for hydroxylation is 1. The second-order valence-corrected chi connectivity index (χ2v) is 4.21. The van der Waals surface area contributed by atoms with Crippen LogP contribution in [0.2, 0.25) is 0 Å². The second kappa shape index (κ2) is 13.7. The molecule has 0 atom stereocenters. The van der Waals surface area contributed by atoms with E-state index in [1.807, 2.05) is 18.2 Å². The molecule has 0 amide bonds. The number of nitrogens with one attached hydrogen (secondary N) is 2. The van der Waals surface area contributed by atoms with E-state index in [0.717, 1.165) is 12.2 Å². The molecular formula is C19H18N2O2. The summed E-state index contributed by atoms with van der Waals surface area (Å²) in [6.45, 7) is 2.08. The van der Waals surface area contributed by atoms with E-state index in [9.17, 15) is 0 Å². The van der Waals surface area contributed by atoms with Crippen LogP contribution in [0.3, 0.4) is 0 Å². The molecule has 116 valence electrons. The van der Waals surface area contributed by atoms with Gasteiger partial charge in [-0.05, 0) is 17.7 Å². The standard InChI is InChI=1S/C10H8.C7H8.2CHNO/c1-2-6-10-8-4-3-7-9(10)5-1;1-7-5-3-2-4-6-7;2*2-1-3/h1-8H;2-6H,1H3;2*2H. The number of isocyanates is 2. The van der Waals surface area contributed by atoms with Crippen LogP contribution < -0.4 is 0 Å². The van der Waals surface area contributed by atoms with Crippen molar-refractivity contribution < 1.29 is 9.59 Å². The van der Waals surface area contributed by atoms with Gasteiger partial charge in [0, 0.05) is 0 Å². The van der Waals surface area contributed by atoms with Gasteiger partial charge in [-0.15, -0.1) is 0 Å². The van der Waals surface area contributed by atoms with E-state index in [-0.39, 0.29) is 0 Å². The molecule has 0 unspecified atom stereocenters. The molecule has 4 nitrogen and oxygen atoms in total. The number of hydrogen-bond donors (Lipinski definition) is 2. The predicted octanol–water partition coefficient (Wildman–Crippen LogP) is 4.64. The molecule has 0 fully saturated rings. The highest BCUT2D eigenvalue weighted by Gasteiger charge is 1.85. The predicted molar refractivity (Wildman–Crippen MR) is 92.0 cm³/mol. The lowest BCUT2D eigenvalue weighted by Crippen LogP contribution is -1.67. The molecule has 3 aromatic carbocycles. The minimum absolute atomic E-state index is 0.750. The van der Waals surface area contributed by atoms with Gasteiger partial charge in [-0.2, -0.15) is 0 Å². The molecule has 0 heterocycles. The average Bonchev–Trinajstić information content (AvgIpc) is 2.58. The maximum Gasteiger partial charge on any atom is 0.231 e. The Bertz CT molecular complexity index is 666. The fourth-order valence-corrected chi connectivity index (χ4v) is 1.67. The quantitative estimate of drug-likeness (QED) is 0.468. The first-order valence-electron chi connectivity index (χ1n) is 6.72. The molecule has 0 aromatic heterocycles. The van der Waals surface area contributed by atoms with Gasteiger partial charge in [0.15, 0.2) is 0 Å². The summed E-state index contributed by atoms with van der Waals surface area (Å²) in [7, 11) is 0. The van der Waals surface area contributed by atoms with Gasteiger partial charge in [0.1, 0.15) is 0 Å². The van der Waals surface area contributed by atoms with E-state index in [1.54, 1.807) is 0 Å². The summed E-state index contributed by atoms with van der Waals surface area (Å²) in [5.74, 6) is 0. The molecule has 2 N–H and O–H groups in total. The third-order valence-corrected chi connectivity index (χ3v) is 2.60. The van der Waals surface area contributed by atoms with E-state index in [1.165, 1.54) is 16.3 Å². The van der Waals surface area contributed by atoms with Crippen LogP contribution in [0, 0.1) is 17.7 Å². The van der Waals surface area contributed by atoms with Crippen LogP contribution in [0.1, 0.15) is 5.56 Å². The molecule has 23 heavy (non-hydrogen) atoms. The van der Waals surface area contributed by atoms with E-state index < -0.39 is 0 Å². The summed E-state index contributed by atoms with van der Waals surface area (Å²) in [5, 5.41) is 13.4. The molecule has 0 aliphatic carbocycles. The first-order valence-corrected chi connectivity index (χ1v) is 6.72. The van der Waals surface area contributed by atoms with Crippen molar-refractivity contribution >= 4 is 22.9 Å². The maximum absolute atomic E-state index is 8.35. The molecule has 3 rings (SSSR count). The van der Waals surface area contributed by atoms with E-state index in [4.69, 9.17) is 20.4 Å². The number of benzene rings is 3. The zero-order valence-corrected chi connectivity index (χ0v) is 12.8.